The first-order valence-electron chi connectivity index (χ1n) is 5.68. The van der Waals surface area contributed by atoms with Crippen LogP contribution >= 0.6 is 0 Å². The lowest BCUT2D eigenvalue weighted by molar-refractivity contribution is 0.114. The van der Waals surface area contributed by atoms with Gasteiger partial charge >= 0.3 is 0 Å². The van der Waals surface area contributed by atoms with Crippen molar-refractivity contribution in [2.45, 2.75) is 32.8 Å². The van der Waals surface area contributed by atoms with E-state index in [9.17, 15) is 5.11 Å². The number of aliphatic hydroxyl groups is 1. The lowest BCUT2D eigenvalue weighted by atomic mass is 9.97. The normalized spacial score (nSPS) is 12.8. The molecule has 5 heteroatoms. The third-order valence-corrected chi connectivity index (χ3v) is 2.77. The molecule has 0 bridgehead atoms. The second kappa shape index (κ2) is 6.27. The van der Waals surface area contributed by atoms with Crippen LogP contribution in [-0.2, 0) is 0 Å². The van der Waals surface area contributed by atoms with E-state index >= 15 is 0 Å². The van der Waals surface area contributed by atoms with Crippen LogP contribution in [0.1, 0.15) is 26.7 Å². The highest BCUT2D eigenvalue weighted by atomic mass is 16.3. The molecule has 1 aromatic heterocycles. The first-order chi connectivity index (χ1) is 7.67. The Morgan fingerprint density at radius 2 is 2.00 bits per heavy atom. The van der Waals surface area contributed by atoms with Crippen molar-refractivity contribution in [1.29, 1.82) is 0 Å². The Morgan fingerprint density at radius 1 is 1.31 bits per heavy atom. The van der Waals surface area contributed by atoms with Gasteiger partial charge in [0.25, 0.3) is 0 Å². The maximum atomic E-state index is 9.89. The summed E-state index contributed by atoms with van der Waals surface area (Å²) in [7, 11) is 0. The van der Waals surface area contributed by atoms with Gasteiger partial charge in [-0.25, -0.2) is 0 Å². The minimum Gasteiger partial charge on any atom is -0.391 e. The van der Waals surface area contributed by atoms with Gasteiger partial charge in [-0.1, -0.05) is 26.7 Å². The number of rotatable bonds is 6. The number of hydrogen-bond acceptors (Lipinski definition) is 5. The summed E-state index contributed by atoms with van der Waals surface area (Å²) < 4.78 is 0. The maximum Gasteiger partial charge on any atom is 0.148 e. The first-order valence-corrected chi connectivity index (χ1v) is 5.68. The smallest absolute Gasteiger partial charge is 0.148 e. The SMILES string of the molecule is CCC(CC)C(O)CNc1ccc(N)nn1. The lowest BCUT2D eigenvalue weighted by Crippen LogP contribution is -2.28. The first kappa shape index (κ1) is 12.7. The van der Waals surface area contributed by atoms with E-state index in [0.717, 1.165) is 12.8 Å². The highest BCUT2D eigenvalue weighted by Crippen LogP contribution is 2.13. The van der Waals surface area contributed by atoms with Crippen molar-refractivity contribution >= 4 is 11.6 Å². The second-order valence-electron chi connectivity index (χ2n) is 3.87. The minimum absolute atomic E-state index is 0.328. The van der Waals surface area contributed by atoms with E-state index < -0.39 is 0 Å². The van der Waals surface area contributed by atoms with Gasteiger partial charge in [0.1, 0.15) is 11.6 Å². The molecule has 1 unspecified atom stereocenters. The molecule has 1 aromatic rings. The molecule has 0 spiro atoms. The van der Waals surface area contributed by atoms with E-state index in [0.29, 0.717) is 24.1 Å². The van der Waals surface area contributed by atoms with Crippen molar-refractivity contribution in [3.05, 3.63) is 12.1 Å². The summed E-state index contributed by atoms with van der Waals surface area (Å²) >= 11 is 0. The molecule has 90 valence electrons. The molecule has 0 saturated heterocycles. The molecule has 1 rings (SSSR count). The van der Waals surface area contributed by atoms with Crippen LogP contribution in [0.25, 0.3) is 0 Å². The Labute approximate surface area is 96.1 Å². The number of nitrogen functional groups attached to an aromatic ring is 1. The van der Waals surface area contributed by atoms with Crippen LogP contribution in [0.15, 0.2) is 12.1 Å². The predicted octanol–water partition coefficient (Wildman–Crippen LogP) is 1.27. The molecule has 1 atom stereocenters. The third kappa shape index (κ3) is 3.66. The van der Waals surface area contributed by atoms with Crippen LogP contribution in [0.4, 0.5) is 11.6 Å². The van der Waals surface area contributed by atoms with Crippen LogP contribution in [0.2, 0.25) is 0 Å². The van der Waals surface area contributed by atoms with Crippen molar-refractivity contribution < 1.29 is 5.11 Å². The van der Waals surface area contributed by atoms with E-state index in [2.05, 4.69) is 29.4 Å². The van der Waals surface area contributed by atoms with Crippen LogP contribution in [-0.4, -0.2) is 28.0 Å². The highest BCUT2D eigenvalue weighted by molar-refractivity contribution is 5.38. The fraction of sp³-hybridized carbons (Fsp3) is 0.636. The number of hydrogen-bond donors (Lipinski definition) is 3. The Kier molecular flexibility index (Phi) is 4.98. The Morgan fingerprint density at radius 3 is 2.50 bits per heavy atom. The highest BCUT2D eigenvalue weighted by Gasteiger charge is 2.14. The molecule has 5 nitrogen and oxygen atoms in total. The summed E-state index contributed by atoms with van der Waals surface area (Å²) in [5, 5.41) is 20.5. The van der Waals surface area contributed by atoms with Crippen LogP contribution in [0.5, 0.6) is 0 Å². The molecule has 1 heterocycles. The molecule has 4 N–H and O–H groups in total. The number of nitrogens with two attached hydrogens (primary N) is 1. The number of anilines is 2. The average Bonchev–Trinajstić information content (AvgIpc) is 2.30. The van der Waals surface area contributed by atoms with Gasteiger partial charge in [-0.05, 0) is 18.1 Å². The fourth-order valence-electron chi connectivity index (χ4n) is 1.65. The number of aromatic nitrogens is 2. The maximum absolute atomic E-state index is 9.89. The zero-order chi connectivity index (χ0) is 12.0. The Balaban J connectivity index is 2.42. The van der Waals surface area contributed by atoms with Crippen molar-refractivity contribution in [2.24, 2.45) is 5.92 Å². The molecular weight excluding hydrogens is 204 g/mol. The van der Waals surface area contributed by atoms with Crippen LogP contribution in [0.3, 0.4) is 0 Å². The van der Waals surface area contributed by atoms with Crippen LogP contribution in [0, 0.1) is 5.92 Å². The largest absolute Gasteiger partial charge is 0.391 e. The molecule has 0 aromatic carbocycles. The third-order valence-electron chi connectivity index (χ3n) is 2.77. The monoisotopic (exact) mass is 224 g/mol. The van der Waals surface area contributed by atoms with Gasteiger partial charge in [-0.2, -0.15) is 0 Å². The van der Waals surface area contributed by atoms with Crippen molar-refractivity contribution in [3.8, 4) is 0 Å². The van der Waals surface area contributed by atoms with Gasteiger partial charge < -0.3 is 16.2 Å². The zero-order valence-corrected chi connectivity index (χ0v) is 9.85. The standard InChI is InChI=1S/C11H20N4O/c1-3-8(4-2)9(16)7-13-11-6-5-10(12)14-15-11/h5-6,8-9,16H,3-4,7H2,1-2H3,(H2,12,14)(H,13,15). The van der Waals surface area contributed by atoms with Crippen molar-refractivity contribution in [3.63, 3.8) is 0 Å². The second-order valence-corrected chi connectivity index (χ2v) is 3.87. The van der Waals surface area contributed by atoms with E-state index in [1.165, 1.54) is 0 Å². The predicted molar refractivity (Wildman–Crippen MR) is 65.0 cm³/mol. The number of nitrogens with one attached hydrogen (secondary N) is 1. The molecule has 0 aliphatic carbocycles. The quantitative estimate of drug-likeness (QED) is 0.677. The fourth-order valence-corrected chi connectivity index (χ4v) is 1.65. The molecule has 0 aliphatic heterocycles. The molecule has 0 fully saturated rings. The molecule has 0 aliphatic rings. The zero-order valence-electron chi connectivity index (χ0n) is 9.85. The van der Waals surface area contributed by atoms with Gasteiger partial charge in [-0.3, -0.25) is 0 Å². The van der Waals surface area contributed by atoms with E-state index in [1.54, 1.807) is 12.1 Å². The number of nitrogens with zero attached hydrogens (tertiary/aromatic N) is 2. The molecule has 0 saturated carbocycles. The Bertz CT molecular complexity index is 297. The van der Waals surface area contributed by atoms with E-state index in [-0.39, 0.29) is 6.10 Å². The number of aliphatic hydroxyl groups excluding tert-OH is 1. The Hall–Kier alpha value is -1.36. The summed E-state index contributed by atoms with van der Waals surface area (Å²) in [6, 6.07) is 3.43. The van der Waals surface area contributed by atoms with E-state index in [1.807, 2.05) is 0 Å². The van der Waals surface area contributed by atoms with Crippen LogP contribution < -0.4 is 11.1 Å². The topological polar surface area (TPSA) is 84.1 Å². The summed E-state index contributed by atoms with van der Waals surface area (Å²) in [6.07, 6.45) is 1.61. The van der Waals surface area contributed by atoms with Gasteiger partial charge in [0, 0.05) is 6.54 Å². The molecule has 16 heavy (non-hydrogen) atoms. The van der Waals surface area contributed by atoms with Crippen molar-refractivity contribution in [1.82, 2.24) is 10.2 Å². The van der Waals surface area contributed by atoms with Gasteiger partial charge in [-0.15, -0.1) is 10.2 Å². The van der Waals surface area contributed by atoms with Gasteiger partial charge in [0.2, 0.25) is 0 Å². The van der Waals surface area contributed by atoms with E-state index in [4.69, 9.17) is 5.73 Å². The summed E-state index contributed by atoms with van der Waals surface area (Å²) in [5.74, 6) is 1.36. The molecule has 0 amide bonds. The average molecular weight is 224 g/mol. The summed E-state index contributed by atoms with van der Waals surface area (Å²) in [5.41, 5.74) is 5.42. The molecule has 0 radical (unpaired) electrons. The van der Waals surface area contributed by atoms with Crippen molar-refractivity contribution in [2.75, 3.05) is 17.6 Å². The van der Waals surface area contributed by atoms with Gasteiger partial charge in [0.15, 0.2) is 0 Å². The lowest BCUT2D eigenvalue weighted by Gasteiger charge is -2.20. The summed E-state index contributed by atoms with van der Waals surface area (Å²) in [4.78, 5) is 0. The van der Waals surface area contributed by atoms with Gasteiger partial charge in [0.05, 0.1) is 6.10 Å². The summed E-state index contributed by atoms with van der Waals surface area (Å²) in [6.45, 7) is 4.66. The molecular formula is C11H20N4O. The minimum atomic E-state index is -0.352.